The van der Waals surface area contributed by atoms with Crippen molar-refractivity contribution in [3.05, 3.63) is 90.1 Å². The molecule has 0 saturated heterocycles. The number of rotatable bonds is 5. The summed E-state index contributed by atoms with van der Waals surface area (Å²) in [5.41, 5.74) is 1.69. The van der Waals surface area contributed by atoms with E-state index in [0.29, 0.717) is 28.0 Å². The van der Waals surface area contributed by atoms with Crippen LogP contribution in [0, 0.1) is 0 Å². The van der Waals surface area contributed by atoms with Crippen LogP contribution in [0.2, 0.25) is 5.02 Å². The number of carbonyl (C=O) groups excluding carboxylic acids is 1. The Morgan fingerprint density at radius 2 is 1.93 bits per heavy atom. The largest absolute Gasteiger partial charge is 0.438 e. The minimum absolute atomic E-state index is 0.292. The van der Waals surface area contributed by atoms with E-state index in [1.54, 1.807) is 65.7 Å². The van der Waals surface area contributed by atoms with Gasteiger partial charge in [0.05, 0.1) is 11.9 Å². The lowest BCUT2D eigenvalue weighted by atomic mass is 10.3. The second kappa shape index (κ2) is 7.89. The quantitative estimate of drug-likeness (QED) is 0.546. The summed E-state index contributed by atoms with van der Waals surface area (Å²) < 4.78 is 7.17. The van der Waals surface area contributed by atoms with E-state index >= 15 is 0 Å². The molecular formula is C20H14ClN5O2. The number of amides is 1. The highest BCUT2D eigenvalue weighted by molar-refractivity contribution is 6.30. The first-order valence-electron chi connectivity index (χ1n) is 8.34. The Bertz CT molecular complexity index is 1100. The van der Waals surface area contributed by atoms with Crippen LogP contribution in [-0.4, -0.2) is 25.7 Å². The van der Waals surface area contributed by atoms with E-state index in [0.717, 1.165) is 5.69 Å². The van der Waals surface area contributed by atoms with E-state index in [1.165, 1.54) is 6.20 Å². The molecule has 1 N–H and O–H groups in total. The van der Waals surface area contributed by atoms with Gasteiger partial charge in [-0.3, -0.25) is 9.78 Å². The summed E-state index contributed by atoms with van der Waals surface area (Å²) in [4.78, 5) is 20.4. The molecule has 0 fully saturated rings. The van der Waals surface area contributed by atoms with Crippen LogP contribution in [0.25, 0.3) is 5.69 Å². The molecule has 0 aliphatic heterocycles. The van der Waals surface area contributed by atoms with Crippen molar-refractivity contribution in [2.24, 2.45) is 0 Å². The van der Waals surface area contributed by atoms with E-state index in [-0.39, 0.29) is 5.91 Å². The second-order valence-corrected chi connectivity index (χ2v) is 6.19. The summed E-state index contributed by atoms with van der Waals surface area (Å²) in [7, 11) is 0. The summed E-state index contributed by atoms with van der Waals surface area (Å²) in [5.74, 6) is 0.665. The normalized spacial score (nSPS) is 10.5. The molecule has 2 aromatic heterocycles. The molecule has 7 nitrogen and oxygen atoms in total. The molecule has 8 heteroatoms. The fraction of sp³-hybridized carbons (Fsp3) is 0. The first-order valence-corrected chi connectivity index (χ1v) is 8.72. The molecule has 2 aromatic carbocycles. The van der Waals surface area contributed by atoms with Gasteiger partial charge in [-0.05, 0) is 48.5 Å². The number of anilines is 1. The molecule has 0 bridgehead atoms. The van der Waals surface area contributed by atoms with Crippen molar-refractivity contribution in [1.29, 1.82) is 0 Å². The van der Waals surface area contributed by atoms with Gasteiger partial charge < -0.3 is 10.1 Å². The van der Waals surface area contributed by atoms with E-state index in [4.69, 9.17) is 16.3 Å². The molecule has 2 heterocycles. The molecule has 0 spiro atoms. The van der Waals surface area contributed by atoms with Crippen molar-refractivity contribution in [2.75, 3.05) is 5.32 Å². The standard InChI is InChI=1S/C20H14ClN5O2/c21-14-2-1-3-16(12-14)26-11-8-18(25-26)20(27)24-15-4-6-17(7-5-15)28-19-13-22-9-10-23-19/h1-13H,(H,24,27). The Balaban J connectivity index is 1.42. The van der Waals surface area contributed by atoms with E-state index in [9.17, 15) is 4.79 Å². The molecule has 28 heavy (non-hydrogen) atoms. The number of nitrogens with one attached hydrogen (secondary N) is 1. The Hall–Kier alpha value is -3.71. The fourth-order valence-corrected chi connectivity index (χ4v) is 2.65. The van der Waals surface area contributed by atoms with Crippen molar-refractivity contribution >= 4 is 23.2 Å². The second-order valence-electron chi connectivity index (χ2n) is 5.75. The van der Waals surface area contributed by atoms with Gasteiger partial charge in [-0.15, -0.1) is 0 Å². The highest BCUT2D eigenvalue weighted by Gasteiger charge is 2.11. The number of nitrogens with zero attached hydrogens (tertiary/aromatic N) is 4. The Kier molecular flexibility index (Phi) is 4.99. The number of hydrogen-bond donors (Lipinski definition) is 1. The highest BCUT2D eigenvalue weighted by Crippen LogP contribution is 2.21. The lowest BCUT2D eigenvalue weighted by molar-refractivity contribution is 0.102. The molecule has 0 saturated carbocycles. The summed E-state index contributed by atoms with van der Waals surface area (Å²) in [6, 6.07) is 15.8. The molecule has 1 amide bonds. The van der Waals surface area contributed by atoms with Gasteiger partial charge >= 0.3 is 0 Å². The van der Waals surface area contributed by atoms with E-state index < -0.39 is 0 Å². The lowest BCUT2D eigenvalue weighted by Gasteiger charge is -2.06. The maximum absolute atomic E-state index is 12.4. The predicted molar refractivity (Wildman–Crippen MR) is 105 cm³/mol. The van der Waals surface area contributed by atoms with Gasteiger partial charge in [0, 0.05) is 29.3 Å². The number of benzene rings is 2. The van der Waals surface area contributed by atoms with E-state index in [1.807, 2.05) is 12.1 Å². The van der Waals surface area contributed by atoms with Gasteiger partial charge in [0.1, 0.15) is 5.75 Å². The van der Waals surface area contributed by atoms with Gasteiger partial charge in [0.2, 0.25) is 5.88 Å². The molecule has 138 valence electrons. The Morgan fingerprint density at radius 3 is 2.68 bits per heavy atom. The van der Waals surface area contributed by atoms with Gasteiger partial charge in [-0.1, -0.05) is 17.7 Å². The van der Waals surface area contributed by atoms with Gasteiger partial charge in [-0.25, -0.2) is 9.67 Å². The third-order valence-corrected chi connectivity index (χ3v) is 4.00. The van der Waals surface area contributed by atoms with Crippen molar-refractivity contribution in [3.8, 4) is 17.3 Å². The predicted octanol–water partition coefficient (Wildman–Crippen LogP) is 4.36. The summed E-state index contributed by atoms with van der Waals surface area (Å²) in [6.07, 6.45) is 6.34. The van der Waals surface area contributed by atoms with Crippen molar-refractivity contribution in [2.45, 2.75) is 0 Å². The minimum Gasteiger partial charge on any atom is -0.438 e. The van der Waals surface area contributed by atoms with Crippen LogP contribution in [0.5, 0.6) is 11.6 Å². The number of hydrogen-bond acceptors (Lipinski definition) is 5. The molecule has 4 aromatic rings. The SMILES string of the molecule is O=C(Nc1ccc(Oc2cnccn2)cc1)c1ccn(-c2cccc(Cl)c2)n1. The Morgan fingerprint density at radius 1 is 1.07 bits per heavy atom. The third-order valence-electron chi connectivity index (χ3n) is 3.77. The molecule has 0 aliphatic rings. The van der Waals surface area contributed by atoms with E-state index in [2.05, 4.69) is 20.4 Å². The van der Waals surface area contributed by atoms with Crippen LogP contribution < -0.4 is 10.1 Å². The topological polar surface area (TPSA) is 81.9 Å². The zero-order valence-corrected chi connectivity index (χ0v) is 15.2. The van der Waals surface area contributed by atoms with Gasteiger partial charge in [-0.2, -0.15) is 5.10 Å². The van der Waals surface area contributed by atoms with Crippen molar-refractivity contribution in [3.63, 3.8) is 0 Å². The summed E-state index contributed by atoms with van der Waals surface area (Å²) in [5, 5.41) is 7.70. The molecule has 0 aliphatic carbocycles. The average molecular weight is 392 g/mol. The van der Waals surface area contributed by atoms with Crippen LogP contribution in [-0.2, 0) is 0 Å². The molecular weight excluding hydrogens is 378 g/mol. The average Bonchev–Trinajstić information content (AvgIpc) is 3.21. The molecule has 4 rings (SSSR count). The van der Waals surface area contributed by atoms with Crippen molar-refractivity contribution < 1.29 is 9.53 Å². The maximum Gasteiger partial charge on any atom is 0.276 e. The zero-order valence-electron chi connectivity index (χ0n) is 14.5. The van der Waals surface area contributed by atoms with Gasteiger partial charge in [0.15, 0.2) is 5.69 Å². The minimum atomic E-state index is -0.316. The maximum atomic E-state index is 12.4. The molecule has 0 radical (unpaired) electrons. The van der Waals surface area contributed by atoms with Crippen LogP contribution in [0.1, 0.15) is 10.5 Å². The van der Waals surface area contributed by atoms with Crippen LogP contribution >= 0.6 is 11.6 Å². The lowest BCUT2D eigenvalue weighted by Crippen LogP contribution is -2.13. The number of aromatic nitrogens is 4. The van der Waals surface area contributed by atoms with Crippen LogP contribution in [0.4, 0.5) is 5.69 Å². The number of ether oxygens (including phenoxy) is 1. The first-order chi connectivity index (χ1) is 13.7. The fourth-order valence-electron chi connectivity index (χ4n) is 2.47. The summed E-state index contributed by atoms with van der Waals surface area (Å²) >= 11 is 6.00. The third kappa shape index (κ3) is 4.16. The van der Waals surface area contributed by atoms with Crippen molar-refractivity contribution in [1.82, 2.24) is 19.7 Å². The first kappa shape index (κ1) is 17.7. The smallest absolute Gasteiger partial charge is 0.276 e. The van der Waals surface area contributed by atoms with Gasteiger partial charge in [0.25, 0.3) is 5.91 Å². The highest BCUT2D eigenvalue weighted by atomic mass is 35.5. The number of carbonyl (C=O) groups is 1. The Labute approximate surface area is 165 Å². The monoisotopic (exact) mass is 391 g/mol. The molecule has 0 unspecified atom stereocenters. The zero-order chi connectivity index (χ0) is 19.3. The number of halogens is 1. The van der Waals surface area contributed by atoms with Crippen LogP contribution in [0.3, 0.4) is 0 Å². The molecule has 0 atom stereocenters. The summed E-state index contributed by atoms with van der Waals surface area (Å²) in [6.45, 7) is 0. The van der Waals surface area contributed by atoms with Crippen LogP contribution in [0.15, 0.2) is 79.4 Å².